The summed E-state index contributed by atoms with van der Waals surface area (Å²) in [5.41, 5.74) is 2.72. The molecule has 1 aliphatic heterocycles. The smallest absolute Gasteiger partial charge is 0.253 e. The Labute approximate surface area is 157 Å². The van der Waals surface area contributed by atoms with Crippen LogP contribution < -0.4 is 9.64 Å². The second-order valence-electron chi connectivity index (χ2n) is 6.40. The Morgan fingerprint density at radius 2 is 1.81 bits per heavy atom. The number of nitrogens with zero attached hydrogens (tertiary/aromatic N) is 2. The molecule has 138 valence electrons. The number of anilines is 1. The van der Waals surface area contributed by atoms with E-state index in [2.05, 4.69) is 11.0 Å². The minimum Gasteiger partial charge on any atom is -0.497 e. The first-order valence-corrected chi connectivity index (χ1v) is 10.4. The Morgan fingerprint density at radius 3 is 2.50 bits per heavy atom. The van der Waals surface area contributed by atoms with E-state index in [0.717, 1.165) is 30.1 Å². The highest BCUT2D eigenvalue weighted by atomic mass is 32.2. The molecule has 0 aliphatic carbocycles. The highest BCUT2D eigenvalue weighted by Gasteiger charge is 2.22. The van der Waals surface area contributed by atoms with Crippen LogP contribution in [0.15, 0.2) is 48.5 Å². The van der Waals surface area contributed by atoms with E-state index >= 15 is 0 Å². The van der Waals surface area contributed by atoms with Gasteiger partial charge in [-0.3, -0.25) is 9.00 Å². The lowest BCUT2D eigenvalue weighted by atomic mass is 10.1. The van der Waals surface area contributed by atoms with Gasteiger partial charge in [0, 0.05) is 66.3 Å². The molecular formula is C20H24N2O3S. The number of carbonyl (C=O) groups is 1. The summed E-state index contributed by atoms with van der Waals surface area (Å²) in [5, 5.41) is 0. The maximum absolute atomic E-state index is 12.8. The minimum atomic E-state index is -0.913. The van der Waals surface area contributed by atoms with Gasteiger partial charge in [-0.2, -0.15) is 0 Å². The van der Waals surface area contributed by atoms with Crippen LogP contribution in [-0.2, 0) is 16.6 Å². The molecule has 1 amide bonds. The Balaban J connectivity index is 1.64. The second-order valence-corrected chi connectivity index (χ2v) is 7.83. The van der Waals surface area contributed by atoms with Crippen LogP contribution in [0.5, 0.6) is 5.75 Å². The van der Waals surface area contributed by atoms with Crippen molar-refractivity contribution in [2.45, 2.75) is 5.75 Å². The number of ether oxygens (including phenoxy) is 1. The molecule has 1 heterocycles. The van der Waals surface area contributed by atoms with Crippen molar-refractivity contribution < 1.29 is 13.7 Å². The van der Waals surface area contributed by atoms with E-state index in [1.54, 1.807) is 13.4 Å². The highest BCUT2D eigenvalue weighted by Crippen LogP contribution is 2.22. The normalized spacial score (nSPS) is 15.6. The Hall–Kier alpha value is -2.34. The molecule has 0 saturated carbocycles. The van der Waals surface area contributed by atoms with Crippen LogP contribution in [0.2, 0.25) is 0 Å². The van der Waals surface area contributed by atoms with Crippen LogP contribution >= 0.6 is 0 Å². The average molecular weight is 372 g/mol. The van der Waals surface area contributed by atoms with E-state index in [4.69, 9.17) is 4.74 Å². The fourth-order valence-corrected chi connectivity index (χ4v) is 3.84. The molecule has 1 saturated heterocycles. The number of methoxy groups -OCH3 is 1. The summed E-state index contributed by atoms with van der Waals surface area (Å²) in [5.74, 6) is 1.36. The number of benzene rings is 2. The molecule has 26 heavy (non-hydrogen) atoms. The Bertz CT molecular complexity index is 801. The van der Waals surface area contributed by atoms with Gasteiger partial charge < -0.3 is 14.5 Å². The van der Waals surface area contributed by atoms with Gasteiger partial charge in [-0.25, -0.2) is 0 Å². The van der Waals surface area contributed by atoms with Gasteiger partial charge in [0.2, 0.25) is 0 Å². The van der Waals surface area contributed by atoms with Gasteiger partial charge in [0.05, 0.1) is 7.11 Å². The zero-order valence-electron chi connectivity index (χ0n) is 15.2. The summed E-state index contributed by atoms with van der Waals surface area (Å²) in [6.07, 6.45) is 1.67. The molecule has 1 unspecified atom stereocenters. The van der Waals surface area contributed by atoms with Gasteiger partial charge in [0.1, 0.15) is 5.75 Å². The maximum atomic E-state index is 12.8. The van der Waals surface area contributed by atoms with Crippen molar-refractivity contribution in [3.63, 3.8) is 0 Å². The number of hydrogen-bond donors (Lipinski definition) is 0. The van der Waals surface area contributed by atoms with Crippen molar-refractivity contribution in [1.29, 1.82) is 0 Å². The van der Waals surface area contributed by atoms with Crippen molar-refractivity contribution in [2.24, 2.45) is 0 Å². The van der Waals surface area contributed by atoms with Crippen LogP contribution in [0.25, 0.3) is 0 Å². The highest BCUT2D eigenvalue weighted by molar-refractivity contribution is 7.83. The molecule has 1 aliphatic rings. The fraction of sp³-hybridized carbons (Fsp3) is 0.350. The van der Waals surface area contributed by atoms with E-state index in [1.165, 1.54) is 0 Å². The van der Waals surface area contributed by atoms with Gasteiger partial charge in [-0.15, -0.1) is 0 Å². The number of amides is 1. The van der Waals surface area contributed by atoms with Crippen LogP contribution in [-0.4, -0.2) is 54.6 Å². The lowest BCUT2D eigenvalue weighted by Crippen LogP contribution is -2.48. The van der Waals surface area contributed by atoms with Crippen LogP contribution in [0.1, 0.15) is 15.9 Å². The van der Waals surface area contributed by atoms with Crippen molar-refractivity contribution in [3.8, 4) is 5.75 Å². The average Bonchev–Trinajstić information content (AvgIpc) is 2.67. The van der Waals surface area contributed by atoms with Crippen molar-refractivity contribution >= 4 is 22.4 Å². The summed E-state index contributed by atoms with van der Waals surface area (Å²) in [7, 11) is 0.751. The Kier molecular flexibility index (Phi) is 5.93. The fourth-order valence-electron chi connectivity index (χ4n) is 3.19. The van der Waals surface area contributed by atoms with Crippen LogP contribution in [0.3, 0.4) is 0 Å². The van der Waals surface area contributed by atoms with Crippen molar-refractivity contribution in [1.82, 2.24) is 4.90 Å². The molecule has 0 radical (unpaired) electrons. The summed E-state index contributed by atoms with van der Waals surface area (Å²) in [6.45, 7) is 2.94. The van der Waals surface area contributed by atoms with E-state index in [9.17, 15) is 9.00 Å². The number of rotatable bonds is 5. The first-order valence-electron chi connectivity index (χ1n) is 8.64. The quantitative estimate of drug-likeness (QED) is 0.809. The zero-order valence-corrected chi connectivity index (χ0v) is 16.0. The predicted octanol–water partition coefficient (Wildman–Crippen LogP) is 2.54. The van der Waals surface area contributed by atoms with Crippen molar-refractivity contribution in [3.05, 3.63) is 59.7 Å². The Morgan fingerprint density at radius 1 is 1.08 bits per heavy atom. The first kappa shape index (κ1) is 18.5. The molecule has 6 heteroatoms. The molecule has 1 atom stereocenters. The maximum Gasteiger partial charge on any atom is 0.253 e. The third-order valence-electron chi connectivity index (χ3n) is 4.53. The number of hydrogen-bond acceptors (Lipinski definition) is 4. The SMILES string of the molecule is COc1cccc(N2CCN(C(=O)c3cccc(CS(C)=O)c3)CC2)c1. The van der Waals surface area contributed by atoms with Gasteiger partial charge >= 0.3 is 0 Å². The largest absolute Gasteiger partial charge is 0.497 e. The monoisotopic (exact) mass is 372 g/mol. The molecule has 0 aromatic heterocycles. The third kappa shape index (κ3) is 4.43. The molecule has 5 nitrogen and oxygen atoms in total. The lowest BCUT2D eigenvalue weighted by Gasteiger charge is -2.36. The molecule has 0 bridgehead atoms. The van der Waals surface area contributed by atoms with Crippen LogP contribution in [0, 0.1) is 0 Å². The molecular weight excluding hydrogens is 348 g/mol. The van der Waals surface area contributed by atoms with E-state index in [-0.39, 0.29) is 5.91 Å². The topological polar surface area (TPSA) is 49.9 Å². The molecule has 1 fully saturated rings. The van der Waals surface area contributed by atoms with Gasteiger partial charge in [-0.1, -0.05) is 18.2 Å². The summed E-state index contributed by atoms with van der Waals surface area (Å²) in [6, 6.07) is 15.5. The summed E-state index contributed by atoms with van der Waals surface area (Å²) < 4.78 is 16.7. The predicted molar refractivity (Wildman–Crippen MR) is 105 cm³/mol. The van der Waals surface area contributed by atoms with E-state index in [1.807, 2.05) is 47.4 Å². The van der Waals surface area contributed by atoms with Crippen molar-refractivity contribution in [2.75, 3.05) is 44.4 Å². The van der Waals surface area contributed by atoms with Crippen LogP contribution in [0.4, 0.5) is 5.69 Å². The van der Waals surface area contributed by atoms with Gasteiger partial charge in [0.15, 0.2) is 0 Å². The van der Waals surface area contributed by atoms with E-state index in [0.29, 0.717) is 24.4 Å². The third-order valence-corrected chi connectivity index (χ3v) is 5.27. The molecule has 2 aromatic rings. The number of carbonyl (C=O) groups excluding carboxylic acids is 1. The minimum absolute atomic E-state index is 0.0408. The number of piperazine rings is 1. The molecule has 2 aromatic carbocycles. The summed E-state index contributed by atoms with van der Waals surface area (Å²) >= 11 is 0. The molecule has 0 N–H and O–H groups in total. The zero-order chi connectivity index (χ0) is 18.5. The lowest BCUT2D eigenvalue weighted by molar-refractivity contribution is 0.0746. The van der Waals surface area contributed by atoms with E-state index < -0.39 is 10.8 Å². The van der Waals surface area contributed by atoms with Gasteiger partial charge in [-0.05, 0) is 29.8 Å². The summed E-state index contributed by atoms with van der Waals surface area (Å²) in [4.78, 5) is 16.9. The first-order chi connectivity index (χ1) is 12.6. The second kappa shape index (κ2) is 8.36. The standard InChI is InChI=1S/C20H24N2O3S/c1-25-19-8-4-7-18(14-19)21-9-11-22(12-10-21)20(23)17-6-3-5-16(13-17)15-26(2)24/h3-8,13-14H,9-12,15H2,1-2H3. The van der Waals surface area contributed by atoms with Gasteiger partial charge in [0.25, 0.3) is 5.91 Å². The molecule has 0 spiro atoms. The molecule has 3 rings (SSSR count).